The van der Waals surface area contributed by atoms with Gasteiger partial charge in [0, 0.05) is 13.1 Å². The van der Waals surface area contributed by atoms with Crippen molar-refractivity contribution in [3.63, 3.8) is 0 Å². The van der Waals surface area contributed by atoms with Crippen molar-refractivity contribution in [2.45, 2.75) is 63.8 Å². The smallest absolute Gasteiger partial charge is 0.326 e. The third-order valence-electron chi connectivity index (χ3n) is 7.64. The molecule has 0 bridgehead atoms. The average Bonchev–Trinajstić information content (AvgIpc) is 3.11. The average molecular weight is 515 g/mol. The minimum Gasteiger partial charge on any atom is -0.508 e. The van der Waals surface area contributed by atoms with Crippen LogP contribution in [0.3, 0.4) is 0 Å². The number of aliphatic carboxylic acids is 1. The molecule has 37 heavy (non-hydrogen) atoms. The van der Waals surface area contributed by atoms with E-state index >= 15 is 0 Å². The number of rotatable bonds is 8. The number of benzene rings is 1. The lowest BCUT2D eigenvalue weighted by molar-refractivity contribution is -0.163. The lowest BCUT2D eigenvalue weighted by Gasteiger charge is -2.45. The third kappa shape index (κ3) is 4.30. The summed E-state index contributed by atoms with van der Waals surface area (Å²) in [6.45, 7) is 5.77. The van der Waals surface area contributed by atoms with Gasteiger partial charge in [0.2, 0.25) is 24.0 Å². The lowest BCUT2D eigenvalue weighted by atomic mass is 9.83. The van der Waals surface area contributed by atoms with Crippen LogP contribution < -0.4 is 5.32 Å². The minimum absolute atomic E-state index is 0.0826. The number of carbonyl (C=O) groups is 6. The summed E-state index contributed by atoms with van der Waals surface area (Å²) >= 11 is 0. The molecule has 0 aromatic heterocycles. The van der Waals surface area contributed by atoms with Gasteiger partial charge in [0.25, 0.3) is 5.91 Å². The molecule has 3 heterocycles. The Bertz CT molecular complexity index is 1150. The van der Waals surface area contributed by atoms with Crippen LogP contribution in [0.1, 0.15) is 45.2 Å². The van der Waals surface area contributed by atoms with Crippen molar-refractivity contribution in [1.29, 1.82) is 0 Å². The number of carbonyl (C=O) groups excluding carboxylic acids is 5. The van der Waals surface area contributed by atoms with E-state index in [1.165, 1.54) is 34.1 Å². The van der Waals surface area contributed by atoms with Gasteiger partial charge in [-0.2, -0.15) is 0 Å². The van der Waals surface area contributed by atoms with Crippen molar-refractivity contribution in [3.05, 3.63) is 29.8 Å². The highest BCUT2D eigenvalue weighted by atomic mass is 16.4. The van der Waals surface area contributed by atoms with Crippen LogP contribution in [0.5, 0.6) is 5.75 Å². The van der Waals surface area contributed by atoms with Crippen LogP contribution in [0, 0.1) is 5.41 Å². The van der Waals surface area contributed by atoms with Gasteiger partial charge in [-0.1, -0.05) is 26.0 Å². The molecule has 5 atom stereocenters. The molecule has 3 aliphatic rings. The fraction of sp³-hybridized carbons (Fsp3) is 0.520. The van der Waals surface area contributed by atoms with E-state index in [9.17, 15) is 39.0 Å². The monoisotopic (exact) mass is 514 g/mol. The summed E-state index contributed by atoms with van der Waals surface area (Å²) in [6.07, 6.45) is 0.819. The third-order valence-corrected chi connectivity index (χ3v) is 7.64. The second kappa shape index (κ2) is 9.49. The van der Waals surface area contributed by atoms with E-state index in [2.05, 4.69) is 5.32 Å². The number of carboxylic acid groups (broad SMARTS) is 1. The van der Waals surface area contributed by atoms with Crippen molar-refractivity contribution < 1.29 is 39.0 Å². The molecule has 12 nitrogen and oxygen atoms in total. The normalized spacial score (nSPS) is 27.3. The molecular formula is C25H30N4O8. The summed E-state index contributed by atoms with van der Waals surface area (Å²) in [5.74, 6) is -4.06. The number of piperidine rings is 1. The van der Waals surface area contributed by atoms with Crippen LogP contribution in [0.2, 0.25) is 0 Å². The van der Waals surface area contributed by atoms with Gasteiger partial charge in [0.05, 0.1) is 6.04 Å². The number of hydrogen-bond donors (Lipinski definition) is 3. The summed E-state index contributed by atoms with van der Waals surface area (Å²) in [5, 5.41) is 22.0. The fourth-order valence-corrected chi connectivity index (χ4v) is 5.80. The van der Waals surface area contributed by atoms with Crippen LogP contribution in [-0.4, -0.2) is 98.1 Å². The van der Waals surface area contributed by atoms with Gasteiger partial charge in [-0.05, 0) is 42.9 Å². The number of phenols is 1. The number of ketones is 1. The molecule has 2 unspecified atom stereocenters. The molecule has 198 valence electrons. The maximum atomic E-state index is 13.6. The predicted molar refractivity (Wildman–Crippen MR) is 127 cm³/mol. The molecule has 3 aliphatic heterocycles. The van der Waals surface area contributed by atoms with E-state index in [1.54, 1.807) is 20.8 Å². The first-order valence-corrected chi connectivity index (χ1v) is 12.1. The molecule has 3 fully saturated rings. The first-order chi connectivity index (χ1) is 17.4. The highest BCUT2D eigenvalue weighted by Crippen LogP contribution is 2.47. The van der Waals surface area contributed by atoms with Crippen molar-refractivity contribution in [2.75, 3.05) is 13.1 Å². The van der Waals surface area contributed by atoms with Gasteiger partial charge in [-0.3, -0.25) is 24.0 Å². The van der Waals surface area contributed by atoms with Gasteiger partial charge >= 0.3 is 5.97 Å². The zero-order chi connectivity index (χ0) is 27.2. The van der Waals surface area contributed by atoms with E-state index in [0.29, 0.717) is 19.4 Å². The van der Waals surface area contributed by atoms with Crippen molar-refractivity contribution in [1.82, 2.24) is 20.0 Å². The molecule has 3 saturated heterocycles. The van der Waals surface area contributed by atoms with E-state index in [1.807, 2.05) is 0 Å². The molecule has 3 N–H and O–H groups in total. The number of carboxylic acids is 1. The maximum absolute atomic E-state index is 13.6. The van der Waals surface area contributed by atoms with Crippen LogP contribution >= 0.6 is 0 Å². The SMILES string of the molecule is CCN1CCC(N(C=O)C(C(=O)N[C@@H]2C(=O)N3[C@@H]2CC(C)(C)[C@@H]3C(=O)O)c2ccc(O)cc2)C(=O)C1=O. The number of aromatic hydroxyl groups is 1. The Labute approximate surface area is 213 Å². The van der Waals surface area contributed by atoms with Gasteiger partial charge < -0.3 is 30.2 Å². The quantitative estimate of drug-likeness (QED) is 0.241. The zero-order valence-electron chi connectivity index (χ0n) is 20.8. The summed E-state index contributed by atoms with van der Waals surface area (Å²) in [5.41, 5.74) is -0.448. The highest BCUT2D eigenvalue weighted by Gasteiger charge is 2.63. The molecular weight excluding hydrogens is 484 g/mol. The summed E-state index contributed by atoms with van der Waals surface area (Å²) in [7, 11) is 0. The number of likely N-dealkylation sites (N-methyl/N-ethyl adjacent to an activating group) is 1. The molecule has 0 saturated carbocycles. The Morgan fingerprint density at radius 2 is 1.86 bits per heavy atom. The first kappa shape index (κ1) is 26.1. The van der Waals surface area contributed by atoms with Gasteiger partial charge in [-0.15, -0.1) is 0 Å². The second-order valence-electron chi connectivity index (χ2n) is 10.3. The molecule has 4 rings (SSSR count). The van der Waals surface area contributed by atoms with Gasteiger partial charge in [0.1, 0.15) is 29.9 Å². The summed E-state index contributed by atoms with van der Waals surface area (Å²) in [6, 6.07) is 0.348. The Hall–Kier alpha value is -3.96. The van der Waals surface area contributed by atoms with Gasteiger partial charge in [-0.25, -0.2) is 4.79 Å². The highest BCUT2D eigenvalue weighted by molar-refractivity contribution is 6.38. The number of Topliss-reactive ketones (excluding diaryl/α,β-unsaturated/α-hetero) is 1. The number of fused-ring (bicyclic) bond motifs is 1. The van der Waals surface area contributed by atoms with Crippen LogP contribution in [0.25, 0.3) is 0 Å². The number of amides is 4. The second-order valence-corrected chi connectivity index (χ2v) is 10.3. The number of nitrogens with one attached hydrogen (secondary N) is 1. The first-order valence-electron chi connectivity index (χ1n) is 12.1. The molecule has 4 amide bonds. The topological polar surface area (TPSA) is 165 Å². The zero-order valence-corrected chi connectivity index (χ0v) is 20.8. The number of hydrogen-bond acceptors (Lipinski definition) is 7. The molecule has 12 heteroatoms. The maximum Gasteiger partial charge on any atom is 0.326 e. The van der Waals surface area contributed by atoms with Crippen molar-refractivity contribution in [3.8, 4) is 5.75 Å². The van der Waals surface area contributed by atoms with E-state index in [4.69, 9.17) is 0 Å². The number of phenolic OH excluding ortho intramolecular Hbond substituents is 1. The van der Waals surface area contributed by atoms with Crippen LogP contribution in [-0.2, 0) is 28.8 Å². The predicted octanol–water partition coefficient (Wildman–Crippen LogP) is -0.340. The number of nitrogens with zero attached hydrogens (tertiary/aromatic N) is 3. The van der Waals surface area contributed by atoms with Gasteiger partial charge in [0.15, 0.2) is 0 Å². The number of β-lactam (4-membered cyclic amide) rings is 1. The summed E-state index contributed by atoms with van der Waals surface area (Å²) < 4.78 is 0. The van der Waals surface area contributed by atoms with Crippen LogP contribution in [0.15, 0.2) is 24.3 Å². The van der Waals surface area contributed by atoms with E-state index < -0.39 is 65.1 Å². The Morgan fingerprint density at radius 3 is 2.43 bits per heavy atom. The standard InChI is InChI=1S/C25H30N4O8/c1-4-27-10-9-15(19(32)23(27)35)28(12-30)18(13-5-7-14(31)8-6-13)21(33)26-17-16-11-25(2,3)20(24(36)37)29(16)22(17)34/h5-8,12,15-18,20,31H,4,9-11H2,1-3H3,(H,26,33)(H,36,37)/t15?,16-,17+,18?,20+/m1/s1. The van der Waals surface area contributed by atoms with Crippen molar-refractivity contribution >= 4 is 35.9 Å². The largest absolute Gasteiger partial charge is 0.508 e. The number of likely N-dealkylation sites (tertiary alicyclic amines) is 1. The minimum atomic E-state index is -1.38. The molecule has 0 radical (unpaired) electrons. The molecule has 1 aromatic carbocycles. The molecule has 0 aliphatic carbocycles. The van der Waals surface area contributed by atoms with Crippen LogP contribution in [0.4, 0.5) is 0 Å². The Balaban J connectivity index is 1.62. The fourth-order valence-electron chi connectivity index (χ4n) is 5.80. The lowest BCUT2D eigenvalue weighted by Crippen LogP contribution is -2.71. The van der Waals surface area contributed by atoms with E-state index in [0.717, 1.165) is 4.90 Å². The van der Waals surface area contributed by atoms with E-state index in [-0.39, 0.29) is 24.3 Å². The molecule has 1 aromatic rings. The van der Waals surface area contributed by atoms with Crippen molar-refractivity contribution in [2.24, 2.45) is 5.41 Å². The Morgan fingerprint density at radius 1 is 1.22 bits per heavy atom. The Kier molecular flexibility index (Phi) is 6.70. The summed E-state index contributed by atoms with van der Waals surface area (Å²) in [4.78, 5) is 79.6. The molecule has 0 spiro atoms.